The van der Waals surface area contributed by atoms with Crippen LogP contribution in [0.5, 0.6) is 0 Å². The largest absolute Gasteiger partial charge is 0.467 e. The Labute approximate surface area is 181 Å². The molecule has 9 nitrogen and oxygen atoms in total. The molecule has 31 heavy (non-hydrogen) atoms. The first-order chi connectivity index (χ1) is 14.9. The van der Waals surface area contributed by atoms with Crippen molar-refractivity contribution < 1.29 is 14.3 Å². The van der Waals surface area contributed by atoms with E-state index in [9.17, 15) is 14.4 Å². The van der Waals surface area contributed by atoms with Crippen molar-refractivity contribution in [1.82, 2.24) is 15.1 Å². The first-order valence-electron chi connectivity index (χ1n) is 10.4. The maximum atomic E-state index is 12.4. The number of rotatable bonds is 7. The van der Waals surface area contributed by atoms with E-state index >= 15 is 0 Å². The van der Waals surface area contributed by atoms with Crippen LogP contribution in [0.2, 0.25) is 0 Å². The van der Waals surface area contributed by atoms with Crippen LogP contribution in [0.3, 0.4) is 0 Å². The van der Waals surface area contributed by atoms with Gasteiger partial charge in [0, 0.05) is 37.9 Å². The van der Waals surface area contributed by atoms with Crippen molar-refractivity contribution in [3.05, 3.63) is 52.8 Å². The second-order valence-electron chi connectivity index (χ2n) is 7.81. The fraction of sp³-hybridized carbons (Fsp3) is 0.455. The summed E-state index contributed by atoms with van der Waals surface area (Å²) in [6.07, 6.45) is 0. The van der Waals surface area contributed by atoms with Crippen LogP contribution >= 0.6 is 0 Å². The third kappa shape index (κ3) is 5.62. The summed E-state index contributed by atoms with van der Waals surface area (Å²) < 4.78 is 5.87. The minimum absolute atomic E-state index is 0.145. The van der Waals surface area contributed by atoms with Crippen molar-refractivity contribution in [2.75, 3.05) is 43.1 Å². The van der Waals surface area contributed by atoms with Crippen LogP contribution in [-0.2, 0) is 20.9 Å². The Balaban J connectivity index is 1.65. The standard InChI is InChI=1S/C22H29N5O4/c1-16(2)21(22(30)31-3)23-19(28)15-27-20(29)10-9-18(24-27)26-13-11-25(12-14-26)17-7-5-4-6-8-17/h4-10,16,21H,11-15H2,1-3H3,(H,23,28)/t21-/m0/s1. The monoisotopic (exact) mass is 427 g/mol. The van der Waals surface area contributed by atoms with Gasteiger partial charge in [-0.1, -0.05) is 32.0 Å². The number of esters is 1. The molecule has 1 aromatic carbocycles. The van der Waals surface area contributed by atoms with Crippen molar-refractivity contribution in [3.63, 3.8) is 0 Å². The fourth-order valence-corrected chi connectivity index (χ4v) is 3.53. The van der Waals surface area contributed by atoms with Crippen molar-refractivity contribution in [2.45, 2.75) is 26.4 Å². The summed E-state index contributed by atoms with van der Waals surface area (Å²) >= 11 is 0. The molecule has 1 saturated heterocycles. The third-order valence-electron chi connectivity index (χ3n) is 5.31. The number of carbonyl (C=O) groups excluding carboxylic acids is 2. The SMILES string of the molecule is COC(=O)[C@@H](NC(=O)Cn1nc(N2CCN(c3ccccc3)CC2)ccc1=O)C(C)C. The maximum absolute atomic E-state index is 12.4. The minimum Gasteiger partial charge on any atom is -0.467 e. The molecule has 1 atom stereocenters. The summed E-state index contributed by atoms with van der Waals surface area (Å²) in [5.41, 5.74) is 0.808. The molecule has 9 heteroatoms. The minimum atomic E-state index is -0.776. The van der Waals surface area contributed by atoms with E-state index in [2.05, 4.69) is 32.3 Å². The molecule has 0 radical (unpaired) electrons. The lowest BCUT2D eigenvalue weighted by Crippen LogP contribution is -2.48. The van der Waals surface area contributed by atoms with E-state index in [1.807, 2.05) is 32.0 Å². The first-order valence-corrected chi connectivity index (χ1v) is 10.4. The van der Waals surface area contributed by atoms with E-state index in [-0.39, 0.29) is 18.0 Å². The van der Waals surface area contributed by atoms with Gasteiger partial charge in [-0.05, 0) is 24.1 Å². The van der Waals surface area contributed by atoms with E-state index in [4.69, 9.17) is 4.74 Å². The summed E-state index contributed by atoms with van der Waals surface area (Å²) in [6.45, 7) is 6.52. The van der Waals surface area contributed by atoms with Gasteiger partial charge in [-0.25, -0.2) is 9.48 Å². The topological polar surface area (TPSA) is 96.8 Å². The maximum Gasteiger partial charge on any atom is 0.328 e. The number of anilines is 2. The molecule has 1 aromatic heterocycles. The van der Waals surface area contributed by atoms with Gasteiger partial charge in [0.1, 0.15) is 18.4 Å². The summed E-state index contributed by atoms with van der Waals surface area (Å²) in [4.78, 5) is 41.0. The number of carbonyl (C=O) groups is 2. The van der Waals surface area contributed by atoms with Crippen molar-refractivity contribution >= 4 is 23.4 Å². The van der Waals surface area contributed by atoms with Gasteiger partial charge in [0.2, 0.25) is 5.91 Å². The second-order valence-corrected chi connectivity index (χ2v) is 7.81. The molecule has 2 aromatic rings. The average Bonchev–Trinajstić information content (AvgIpc) is 2.79. The summed E-state index contributed by atoms with van der Waals surface area (Å²) in [6, 6.07) is 12.5. The predicted octanol–water partition coefficient (Wildman–Crippen LogP) is 0.884. The number of amides is 1. The number of piperazine rings is 1. The van der Waals surface area contributed by atoms with Crippen LogP contribution in [0.25, 0.3) is 0 Å². The zero-order valence-electron chi connectivity index (χ0n) is 18.2. The number of aromatic nitrogens is 2. The molecule has 0 saturated carbocycles. The third-order valence-corrected chi connectivity index (χ3v) is 5.31. The second kappa shape index (κ2) is 10.1. The van der Waals surface area contributed by atoms with Crippen molar-refractivity contribution in [1.29, 1.82) is 0 Å². The number of hydrogen-bond acceptors (Lipinski definition) is 7. The van der Waals surface area contributed by atoms with E-state index < -0.39 is 17.9 Å². The molecule has 166 valence electrons. The van der Waals surface area contributed by atoms with Crippen LogP contribution in [-0.4, -0.2) is 61.0 Å². The van der Waals surface area contributed by atoms with E-state index in [1.165, 1.54) is 18.9 Å². The van der Waals surface area contributed by atoms with E-state index in [1.54, 1.807) is 6.07 Å². The molecule has 1 fully saturated rings. The number of ether oxygens (including phenoxy) is 1. The van der Waals surface area contributed by atoms with Crippen LogP contribution in [0.4, 0.5) is 11.5 Å². The lowest BCUT2D eigenvalue weighted by molar-refractivity contribution is -0.146. The molecular formula is C22H29N5O4. The Hall–Kier alpha value is -3.36. The number of nitrogens with zero attached hydrogens (tertiary/aromatic N) is 4. The molecule has 2 heterocycles. The van der Waals surface area contributed by atoms with Gasteiger partial charge in [0.25, 0.3) is 5.56 Å². The van der Waals surface area contributed by atoms with Gasteiger partial charge in [0.15, 0.2) is 0 Å². The van der Waals surface area contributed by atoms with Gasteiger partial charge in [0.05, 0.1) is 7.11 Å². The normalized spacial score (nSPS) is 15.0. The highest BCUT2D eigenvalue weighted by atomic mass is 16.5. The Morgan fingerprint density at radius 3 is 2.29 bits per heavy atom. The lowest BCUT2D eigenvalue weighted by atomic mass is 10.0. The first kappa shape index (κ1) is 22.3. The highest BCUT2D eigenvalue weighted by molar-refractivity contribution is 5.84. The highest BCUT2D eigenvalue weighted by Crippen LogP contribution is 2.18. The van der Waals surface area contributed by atoms with Crippen molar-refractivity contribution in [2.24, 2.45) is 5.92 Å². The van der Waals surface area contributed by atoms with Gasteiger partial charge in [-0.2, -0.15) is 5.10 Å². The molecule has 0 aliphatic carbocycles. The smallest absolute Gasteiger partial charge is 0.328 e. The van der Waals surface area contributed by atoms with Crippen LogP contribution < -0.4 is 20.7 Å². The Morgan fingerprint density at radius 1 is 1.03 bits per heavy atom. The number of methoxy groups -OCH3 is 1. The van der Waals surface area contributed by atoms with Gasteiger partial charge >= 0.3 is 5.97 Å². The Bertz CT molecular complexity index is 952. The van der Waals surface area contributed by atoms with Crippen LogP contribution in [0, 0.1) is 5.92 Å². The number of para-hydroxylation sites is 1. The molecule has 0 bridgehead atoms. The van der Waals surface area contributed by atoms with E-state index in [0.717, 1.165) is 30.9 Å². The van der Waals surface area contributed by atoms with Crippen molar-refractivity contribution in [3.8, 4) is 0 Å². The van der Waals surface area contributed by atoms with Crippen LogP contribution in [0.1, 0.15) is 13.8 Å². The number of benzene rings is 1. The van der Waals surface area contributed by atoms with Gasteiger partial charge < -0.3 is 19.9 Å². The van der Waals surface area contributed by atoms with Crippen LogP contribution in [0.15, 0.2) is 47.3 Å². The number of nitrogens with one attached hydrogen (secondary N) is 1. The highest BCUT2D eigenvalue weighted by Gasteiger charge is 2.25. The molecule has 0 unspecified atom stereocenters. The van der Waals surface area contributed by atoms with Gasteiger partial charge in [-0.3, -0.25) is 9.59 Å². The zero-order chi connectivity index (χ0) is 22.4. The quantitative estimate of drug-likeness (QED) is 0.656. The predicted molar refractivity (Wildman–Crippen MR) is 118 cm³/mol. The fourth-order valence-electron chi connectivity index (χ4n) is 3.53. The molecule has 1 aliphatic heterocycles. The summed E-state index contributed by atoms with van der Waals surface area (Å²) in [7, 11) is 1.27. The lowest BCUT2D eigenvalue weighted by Gasteiger charge is -2.36. The van der Waals surface area contributed by atoms with Gasteiger partial charge in [-0.15, -0.1) is 0 Å². The summed E-state index contributed by atoms with van der Waals surface area (Å²) in [5.74, 6) is -0.486. The Kier molecular flexibility index (Phi) is 7.28. The average molecular weight is 428 g/mol. The molecule has 1 N–H and O–H groups in total. The zero-order valence-corrected chi connectivity index (χ0v) is 18.2. The molecular weight excluding hydrogens is 398 g/mol. The molecule has 1 aliphatic rings. The summed E-state index contributed by atoms with van der Waals surface area (Å²) in [5, 5.41) is 7.02. The van der Waals surface area contributed by atoms with E-state index in [0.29, 0.717) is 5.82 Å². The molecule has 0 spiro atoms. The molecule has 3 rings (SSSR count). The Morgan fingerprint density at radius 2 is 1.68 bits per heavy atom. The molecule has 1 amide bonds. The number of hydrogen-bond donors (Lipinski definition) is 1.